The molecule has 0 saturated carbocycles. The second kappa shape index (κ2) is 4.81. The van der Waals surface area contributed by atoms with Gasteiger partial charge in [0, 0.05) is 4.47 Å². The number of hydrogen-bond acceptors (Lipinski definition) is 1. The Morgan fingerprint density at radius 3 is 2.31 bits per heavy atom. The van der Waals surface area contributed by atoms with Gasteiger partial charge < -0.3 is 0 Å². The van der Waals surface area contributed by atoms with Crippen LogP contribution in [0.5, 0.6) is 0 Å². The van der Waals surface area contributed by atoms with Crippen molar-refractivity contribution >= 4 is 32.8 Å². The molecule has 0 aliphatic rings. The van der Waals surface area contributed by atoms with Crippen molar-refractivity contribution in [1.29, 1.82) is 0 Å². The number of halogens is 2. The van der Waals surface area contributed by atoms with E-state index in [1.165, 1.54) is 0 Å². The molecule has 0 aromatic heterocycles. The quantitative estimate of drug-likeness (QED) is 0.746. The van der Waals surface area contributed by atoms with Crippen molar-refractivity contribution in [3.63, 3.8) is 0 Å². The standard InChI is InChI=1S/C13H8BrClO/c14-11-8-4-7-10(12(11)13(15)16)9-5-2-1-3-6-9/h1-8H. The van der Waals surface area contributed by atoms with Crippen molar-refractivity contribution in [3.05, 3.63) is 58.6 Å². The first-order valence-electron chi connectivity index (χ1n) is 4.74. The van der Waals surface area contributed by atoms with Gasteiger partial charge in [-0.3, -0.25) is 4.79 Å². The number of rotatable bonds is 2. The van der Waals surface area contributed by atoms with Gasteiger partial charge in [0.25, 0.3) is 5.24 Å². The summed E-state index contributed by atoms with van der Waals surface area (Å²) in [4.78, 5) is 11.4. The molecular formula is C13H8BrClO. The molecule has 0 atom stereocenters. The molecule has 0 unspecified atom stereocenters. The third-order valence-corrected chi connectivity index (χ3v) is 3.14. The van der Waals surface area contributed by atoms with Gasteiger partial charge in [-0.25, -0.2) is 0 Å². The lowest BCUT2D eigenvalue weighted by Gasteiger charge is -2.07. The zero-order valence-corrected chi connectivity index (χ0v) is 10.6. The van der Waals surface area contributed by atoms with E-state index in [1.54, 1.807) is 0 Å². The average Bonchev–Trinajstić information content (AvgIpc) is 2.29. The van der Waals surface area contributed by atoms with Crippen molar-refractivity contribution < 1.29 is 4.79 Å². The Morgan fingerprint density at radius 1 is 1.00 bits per heavy atom. The first-order valence-corrected chi connectivity index (χ1v) is 5.91. The van der Waals surface area contributed by atoms with Crippen molar-refractivity contribution in [2.75, 3.05) is 0 Å². The summed E-state index contributed by atoms with van der Waals surface area (Å²) in [5.41, 5.74) is 2.33. The molecule has 0 spiro atoms. The SMILES string of the molecule is O=C(Cl)c1c(Br)cccc1-c1ccccc1. The van der Waals surface area contributed by atoms with Gasteiger partial charge in [-0.05, 0) is 44.7 Å². The summed E-state index contributed by atoms with van der Waals surface area (Å²) >= 11 is 8.93. The van der Waals surface area contributed by atoms with E-state index in [1.807, 2.05) is 48.5 Å². The smallest absolute Gasteiger partial charge is 0.254 e. The summed E-state index contributed by atoms with van der Waals surface area (Å²) in [6, 6.07) is 15.3. The minimum Gasteiger partial charge on any atom is -0.276 e. The Balaban J connectivity index is 2.66. The highest BCUT2D eigenvalue weighted by atomic mass is 79.9. The molecular weight excluding hydrogens is 287 g/mol. The molecule has 3 heteroatoms. The maximum absolute atomic E-state index is 11.4. The topological polar surface area (TPSA) is 17.1 Å². The molecule has 2 aromatic carbocycles. The Labute approximate surface area is 107 Å². The fourth-order valence-corrected chi connectivity index (χ4v) is 2.45. The molecule has 2 rings (SSSR count). The normalized spacial score (nSPS) is 10.1. The highest BCUT2D eigenvalue weighted by Gasteiger charge is 2.13. The number of benzene rings is 2. The second-order valence-electron chi connectivity index (χ2n) is 3.30. The summed E-state index contributed by atoms with van der Waals surface area (Å²) in [5.74, 6) is 0. The maximum Gasteiger partial charge on any atom is 0.254 e. The van der Waals surface area contributed by atoms with Gasteiger partial charge in [-0.2, -0.15) is 0 Å². The lowest BCUT2D eigenvalue weighted by Crippen LogP contribution is -1.95. The number of hydrogen-bond donors (Lipinski definition) is 0. The molecule has 0 amide bonds. The van der Waals surface area contributed by atoms with Gasteiger partial charge in [0.05, 0.1) is 5.56 Å². The van der Waals surface area contributed by atoms with Crippen LogP contribution in [0.1, 0.15) is 10.4 Å². The van der Waals surface area contributed by atoms with Crippen LogP contribution in [0.15, 0.2) is 53.0 Å². The first-order chi connectivity index (χ1) is 7.70. The van der Waals surface area contributed by atoms with Crippen molar-refractivity contribution in [2.45, 2.75) is 0 Å². The summed E-state index contributed by atoms with van der Waals surface area (Å²) in [6.07, 6.45) is 0. The van der Waals surface area contributed by atoms with E-state index in [9.17, 15) is 4.79 Å². The molecule has 16 heavy (non-hydrogen) atoms. The van der Waals surface area contributed by atoms with Crippen molar-refractivity contribution in [1.82, 2.24) is 0 Å². The molecule has 0 saturated heterocycles. The van der Waals surface area contributed by atoms with Gasteiger partial charge in [0.15, 0.2) is 0 Å². The Morgan fingerprint density at radius 2 is 1.69 bits per heavy atom. The van der Waals surface area contributed by atoms with Crippen molar-refractivity contribution in [3.8, 4) is 11.1 Å². The van der Waals surface area contributed by atoms with Crippen LogP contribution in [-0.2, 0) is 0 Å². The fraction of sp³-hybridized carbons (Fsp3) is 0. The van der Waals surface area contributed by atoms with Crippen LogP contribution in [0, 0.1) is 0 Å². The van der Waals surface area contributed by atoms with E-state index >= 15 is 0 Å². The molecule has 0 N–H and O–H groups in total. The predicted octanol–water partition coefficient (Wildman–Crippen LogP) is 4.50. The molecule has 0 radical (unpaired) electrons. The number of carbonyl (C=O) groups excluding carboxylic acids is 1. The molecule has 80 valence electrons. The van der Waals surface area contributed by atoms with Crippen LogP contribution >= 0.6 is 27.5 Å². The Bertz CT molecular complexity index is 523. The summed E-state index contributed by atoms with van der Waals surface area (Å²) in [7, 11) is 0. The van der Waals surface area contributed by atoms with Crippen LogP contribution in [0.4, 0.5) is 0 Å². The monoisotopic (exact) mass is 294 g/mol. The maximum atomic E-state index is 11.4. The van der Waals surface area contributed by atoms with Gasteiger partial charge >= 0.3 is 0 Å². The van der Waals surface area contributed by atoms with Gasteiger partial charge in [0.1, 0.15) is 0 Å². The summed E-state index contributed by atoms with van der Waals surface area (Å²) < 4.78 is 0.717. The van der Waals surface area contributed by atoms with Gasteiger partial charge in [-0.1, -0.05) is 42.5 Å². The molecule has 1 nitrogen and oxygen atoms in total. The van der Waals surface area contributed by atoms with E-state index in [-0.39, 0.29) is 0 Å². The zero-order chi connectivity index (χ0) is 11.5. The summed E-state index contributed by atoms with van der Waals surface area (Å²) in [5, 5.41) is -0.452. The largest absolute Gasteiger partial charge is 0.276 e. The Hall–Kier alpha value is -1.12. The second-order valence-corrected chi connectivity index (χ2v) is 4.50. The van der Waals surface area contributed by atoms with E-state index in [0.717, 1.165) is 11.1 Å². The summed E-state index contributed by atoms with van der Waals surface area (Å²) in [6.45, 7) is 0. The minimum absolute atomic E-state index is 0.452. The molecule has 0 aliphatic heterocycles. The zero-order valence-electron chi connectivity index (χ0n) is 8.28. The fourth-order valence-electron chi connectivity index (χ4n) is 1.58. The van der Waals surface area contributed by atoms with Gasteiger partial charge in [0.2, 0.25) is 0 Å². The van der Waals surface area contributed by atoms with E-state index in [0.29, 0.717) is 10.0 Å². The van der Waals surface area contributed by atoms with E-state index in [4.69, 9.17) is 11.6 Å². The highest BCUT2D eigenvalue weighted by Crippen LogP contribution is 2.30. The van der Waals surface area contributed by atoms with E-state index in [2.05, 4.69) is 15.9 Å². The number of carbonyl (C=O) groups is 1. The van der Waals surface area contributed by atoms with Crippen LogP contribution < -0.4 is 0 Å². The average molecular weight is 296 g/mol. The first kappa shape index (κ1) is 11.4. The third-order valence-electron chi connectivity index (χ3n) is 2.29. The molecule has 0 bridgehead atoms. The van der Waals surface area contributed by atoms with Crippen LogP contribution in [0.2, 0.25) is 0 Å². The predicted molar refractivity (Wildman–Crippen MR) is 69.8 cm³/mol. The van der Waals surface area contributed by atoms with Crippen molar-refractivity contribution in [2.24, 2.45) is 0 Å². The lowest BCUT2D eigenvalue weighted by atomic mass is 10.0. The van der Waals surface area contributed by atoms with Crippen LogP contribution in [-0.4, -0.2) is 5.24 Å². The molecule has 2 aromatic rings. The highest BCUT2D eigenvalue weighted by molar-refractivity contribution is 9.10. The lowest BCUT2D eigenvalue weighted by molar-refractivity contribution is 0.108. The molecule has 0 fully saturated rings. The molecule has 0 aliphatic carbocycles. The molecule has 0 heterocycles. The Kier molecular flexibility index (Phi) is 3.42. The minimum atomic E-state index is -0.452. The van der Waals surface area contributed by atoms with Crippen LogP contribution in [0.3, 0.4) is 0 Å². The van der Waals surface area contributed by atoms with E-state index < -0.39 is 5.24 Å². The van der Waals surface area contributed by atoms with Crippen LogP contribution in [0.25, 0.3) is 11.1 Å². The van der Waals surface area contributed by atoms with Gasteiger partial charge in [-0.15, -0.1) is 0 Å². The third kappa shape index (κ3) is 2.18.